The van der Waals surface area contributed by atoms with E-state index in [1.807, 2.05) is 12.1 Å². The van der Waals surface area contributed by atoms with Crippen molar-refractivity contribution in [3.8, 4) is 0 Å². The van der Waals surface area contributed by atoms with Crippen LogP contribution in [0.1, 0.15) is 25.8 Å². The fourth-order valence-electron chi connectivity index (χ4n) is 2.46. The monoisotopic (exact) mass is 256 g/mol. The van der Waals surface area contributed by atoms with Crippen LogP contribution in [0, 0.1) is 5.92 Å². The standard InChI is InChI=1S/C17H20O2/c1-12(18)9-17(13(2)19)11-14-7-8-15-5-3-4-6-16(15)10-14/h3-8,10,12,17-18H,9,11H2,1-2H3. The Hall–Kier alpha value is -1.67. The highest BCUT2D eigenvalue weighted by molar-refractivity contribution is 5.83. The highest BCUT2D eigenvalue weighted by Crippen LogP contribution is 2.20. The summed E-state index contributed by atoms with van der Waals surface area (Å²) in [6, 6.07) is 14.5. The largest absolute Gasteiger partial charge is 0.393 e. The molecule has 1 N–H and O–H groups in total. The molecule has 0 saturated heterocycles. The Balaban J connectivity index is 2.21. The molecule has 0 radical (unpaired) electrons. The van der Waals surface area contributed by atoms with Crippen molar-refractivity contribution in [1.82, 2.24) is 0 Å². The summed E-state index contributed by atoms with van der Waals surface area (Å²) >= 11 is 0. The van der Waals surface area contributed by atoms with Gasteiger partial charge in [-0.25, -0.2) is 0 Å². The number of carbonyl (C=O) groups is 1. The average Bonchev–Trinajstić information content (AvgIpc) is 2.37. The molecular weight excluding hydrogens is 236 g/mol. The number of rotatable bonds is 5. The first-order valence-electron chi connectivity index (χ1n) is 6.72. The maximum Gasteiger partial charge on any atom is 0.133 e. The van der Waals surface area contributed by atoms with Crippen molar-refractivity contribution in [2.45, 2.75) is 32.8 Å². The Kier molecular flexibility index (Phi) is 4.33. The Labute approximate surface area is 114 Å². The van der Waals surface area contributed by atoms with Crippen LogP contribution in [0.25, 0.3) is 10.8 Å². The van der Waals surface area contributed by atoms with E-state index in [-0.39, 0.29) is 11.7 Å². The molecule has 0 heterocycles. The van der Waals surface area contributed by atoms with E-state index < -0.39 is 6.10 Å². The summed E-state index contributed by atoms with van der Waals surface area (Å²) in [7, 11) is 0. The molecule has 0 aliphatic carbocycles. The average molecular weight is 256 g/mol. The van der Waals surface area contributed by atoms with E-state index in [1.54, 1.807) is 13.8 Å². The van der Waals surface area contributed by atoms with E-state index in [1.165, 1.54) is 10.8 Å². The van der Waals surface area contributed by atoms with Crippen LogP contribution >= 0.6 is 0 Å². The third kappa shape index (κ3) is 3.65. The molecule has 0 saturated carbocycles. The summed E-state index contributed by atoms with van der Waals surface area (Å²) < 4.78 is 0. The van der Waals surface area contributed by atoms with Crippen molar-refractivity contribution >= 4 is 16.6 Å². The maximum atomic E-state index is 11.6. The van der Waals surface area contributed by atoms with Crippen LogP contribution in [-0.4, -0.2) is 17.0 Å². The van der Waals surface area contributed by atoms with Crippen molar-refractivity contribution in [2.24, 2.45) is 5.92 Å². The Morgan fingerprint density at radius 3 is 2.47 bits per heavy atom. The second-order valence-corrected chi connectivity index (χ2v) is 5.28. The molecule has 0 fully saturated rings. The minimum Gasteiger partial charge on any atom is -0.393 e. The number of hydrogen-bond acceptors (Lipinski definition) is 2. The Morgan fingerprint density at radius 2 is 1.84 bits per heavy atom. The minimum atomic E-state index is -0.436. The molecule has 2 aromatic rings. The number of aliphatic hydroxyl groups excluding tert-OH is 1. The van der Waals surface area contributed by atoms with Gasteiger partial charge in [0.25, 0.3) is 0 Å². The lowest BCUT2D eigenvalue weighted by Gasteiger charge is -2.16. The Morgan fingerprint density at radius 1 is 1.16 bits per heavy atom. The number of carbonyl (C=O) groups excluding carboxylic acids is 1. The van der Waals surface area contributed by atoms with Crippen molar-refractivity contribution in [3.05, 3.63) is 48.0 Å². The van der Waals surface area contributed by atoms with Crippen LogP contribution < -0.4 is 0 Å². The summed E-state index contributed by atoms with van der Waals surface area (Å²) in [6.07, 6.45) is 0.794. The molecule has 0 aliphatic rings. The predicted molar refractivity (Wildman–Crippen MR) is 78.1 cm³/mol. The smallest absolute Gasteiger partial charge is 0.133 e. The van der Waals surface area contributed by atoms with Crippen molar-refractivity contribution in [2.75, 3.05) is 0 Å². The third-order valence-corrected chi connectivity index (χ3v) is 3.50. The number of ketones is 1. The van der Waals surface area contributed by atoms with Gasteiger partial charge in [-0.1, -0.05) is 42.5 Å². The van der Waals surface area contributed by atoms with E-state index in [0.29, 0.717) is 12.8 Å². The third-order valence-electron chi connectivity index (χ3n) is 3.50. The number of Topliss-reactive ketones (excluding diaryl/α,β-unsaturated/α-hetero) is 1. The topological polar surface area (TPSA) is 37.3 Å². The Bertz CT molecular complexity index is 572. The van der Waals surface area contributed by atoms with Gasteiger partial charge in [-0.3, -0.25) is 4.79 Å². The van der Waals surface area contributed by atoms with Crippen LogP contribution in [0.3, 0.4) is 0 Å². The van der Waals surface area contributed by atoms with Crippen LogP contribution in [0.4, 0.5) is 0 Å². The summed E-state index contributed by atoms with van der Waals surface area (Å²) in [5, 5.41) is 11.9. The first-order valence-corrected chi connectivity index (χ1v) is 6.72. The van der Waals surface area contributed by atoms with Gasteiger partial charge < -0.3 is 5.11 Å². The molecule has 0 aliphatic heterocycles. The number of aliphatic hydroxyl groups is 1. The van der Waals surface area contributed by atoms with Crippen molar-refractivity contribution < 1.29 is 9.90 Å². The van der Waals surface area contributed by atoms with Gasteiger partial charge in [0.2, 0.25) is 0 Å². The summed E-state index contributed by atoms with van der Waals surface area (Å²) in [4.78, 5) is 11.6. The van der Waals surface area contributed by atoms with Crippen molar-refractivity contribution in [3.63, 3.8) is 0 Å². The first-order chi connectivity index (χ1) is 9.06. The highest BCUT2D eigenvalue weighted by Gasteiger charge is 2.17. The number of benzene rings is 2. The van der Waals surface area contributed by atoms with Gasteiger partial charge in [0.05, 0.1) is 6.10 Å². The zero-order chi connectivity index (χ0) is 13.8. The minimum absolute atomic E-state index is 0.0961. The molecule has 0 spiro atoms. The van der Waals surface area contributed by atoms with Gasteiger partial charge in [-0.15, -0.1) is 0 Å². The normalized spacial score (nSPS) is 14.3. The van der Waals surface area contributed by atoms with Gasteiger partial charge in [0.15, 0.2) is 0 Å². The molecule has 2 rings (SSSR count). The molecule has 0 amide bonds. The van der Waals surface area contributed by atoms with Crippen LogP contribution in [0.15, 0.2) is 42.5 Å². The molecule has 100 valence electrons. The van der Waals surface area contributed by atoms with E-state index in [2.05, 4.69) is 30.3 Å². The molecule has 2 aromatic carbocycles. The quantitative estimate of drug-likeness (QED) is 0.890. The van der Waals surface area contributed by atoms with Crippen LogP contribution in [0.2, 0.25) is 0 Å². The van der Waals surface area contributed by atoms with Crippen LogP contribution in [0.5, 0.6) is 0 Å². The van der Waals surface area contributed by atoms with E-state index in [4.69, 9.17) is 0 Å². The molecule has 0 bridgehead atoms. The predicted octanol–water partition coefficient (Wildman–Crippen LogP) is 3.36. The lowest BCUT2D eigenvalue weighted by molar-refractivity contribution is -0.121. The fraction of sp³-hybridized carbons (Fsp3) is 0.353. The fourth-order valence-corrected chi connectivity index (χ4v) is 2.46. The number of fused-ring (bicyclic) bond motifs is 1. The molecule has 2 unspecified atom stereocenters. The maximum absolute atomic E-state index is 11.6. The highest BCUT2D eigenvalue weighted by atomic mass is 16.3. The molecule has 2 heteroatoms. The second-order valence-electron chi connectivity index (χ2n) is 5.28. The molecule has 2 atom stereocenters. The zero-order valence-corrected chi connectivity index (χ0v) is 11.5. The van der Waals surface area contributed by atoms with Gasteiger partial charge in [-0.05, 0) is 43.0 Å². The van der Waals surface area contributed by atoms with Crippen LogP contribution in [-0.2, 0) is 11.2 Å². The molecule has 19 heavy (non-hydrogen) atoms. The van der Waals surface area contributed by atoms with Gasteiger partial charge in [0, 0.05) is 5.92 Å². The van der Waals surface area contributed by atoms with E-state index in [9.17, 15) is 9.90 Å². The zero-order valence-electron chi connectivity index (χ0n) is 11.5. The molecular formula is C17H20O2. The van der Waals surface area contributed by atoms with Gasteiger partial charge in [0.1, 0.15) is 5.78 Å². The summed E-state index contributed by atoms with van der Waals surface area (Å²) in [6.45, 7) is 3.34. The first kappa shape index (κ1) is 13.8. The second kappa shape index (κ2) is 5.98. The number of hydrogen-bond donors (Lipinski definition) is 1. The lowest BCUT2D eigenvalue weighted by Crippen LogP contribution is -2.19. The summed E-state index contributed by atoms with van der Waals surface area (Å²) in [5.74, 6) is 0.0511. The molecule has 2 nitrogen and oxygen atoms in total. The van der Waals surface area contributed by atoms with Gasteiger partial charge >= 0.3 is 0 Å². The van der Waals surface area contributed by atoms with E-state index >= 15 is 0 Å². The van der Waals surface area contributed by atoms with Gasteiger partial charge in [-0.2, -0.15) is 0 Å². The molecule has 0 aromatic heterocycles. The summed E-state index contributed by atoms with van der Waals surface area (Å²) in [5.41, 5.74) is 1.15. The SMILES string of the molecule is CC(=O)C(Cc1ccc2ccccc2c1)CC(C)O. The lowest BCUT2D eigenvalue weighted by atomic mass is 9.90. The van der Waals surface area contributed by atoms with E-state index in [0.717, 1.165) is 5.56 Å². The van der Waals surface area contributed by atoms with Crippen molar-refractivity contribution in [1.29, 1.82) is 0 Å².